The van der Waals surface area contributed by atoms with Crippen LogP contribution in [0.15, 0.2) is 47.4 Å². The Kier molecular flexibility index (Phi) is 8.77. The lowest BCUT2D eigenvalue weighted by atomic mass is 10.0. The molecule has 6 N–H and O–H groups in total. The summed E-state index contributed by atoms with van der Waals surface area (Å²) in [6, 6.07) is 9.52. The first-order valence-electron chi connectivity index (χ1n) is 14.2. The Morgan fingerprint density at radius 1 is 1.21 bits per heavy atom. The van der Waals surface area contributed by atoms with Crippen molar-refractivity contribution in [2.45, 2.75) is 64.0 Å². The van der Waals surface area contributed by atoms with E-state index in [1.807, 2.05) is 6.92 Å². The zero-order valence-corrected chi connectivity index (χ0v) is 24.5. The highest BCUT2D eigenvalue weighted by Crippen LogP contribution is 2.37. The number of aryl methyl sites for hydroxylation is 1. The Balaban J connectivity index is 1.35. The first kappa shape index (κ1) is 29.9. The number of aromatic amines is 1. The van der Waals surface area contributed by atoms with Crippen molar-refractivity contribution < 1.29 is 8.78 Å². The van der Waals surface area contributed by atoms with Crippen LogP contribution in [0.3, 0.4) is 0 Å². The predicted molar refractivity (Wildman–Crippen MR) is 164 cm³/mol. The number of fused-ring (bicyclic) bond motifs is 1. The van der Waals surface area contributed by atoms with Crippen LogP contribution in [0.5, 0.6) is 0 Å². The van der Waals surface area contributed by atoms with Crippen molar-refractivity contribution in [2.24, 2.45) is 5.73 Å². The summed E-state index contributed by atoms with van der Waals surface area (Å²) in [5.41, 5.74) is 8.33. The fraction of sp³-hybridized carbons (Fsp3) is 0.387. The molecule has 42 heavy (non-hydrogen) atoms. The van der Waals surface area contributed by atoms with Crippen LogP contribution in [0, 0.1) is 17.0 Å². The second-order valence-electron chi connectivity index (χ2n) is 11.3. The molecule has 0 saturated heterocycles. The van der Waals surface area contributed by atoms with Crippen LogP contribution in [0.25, 0.3) is 28.0 Å². The Morgan fingerprint density at radius 3 is 2.71 bits per heavy atom. The number of hydrogen-bond donors (Lipinski definition) is 5. The maximum Gasteiger partial charge on any atom is 0.354 e. The number of nitrogens with two attached hydrogens (primary N) is 1. The van der Waals surface area contributed by atoms with Crippen molar-refractivity contribution in [3.63, 3.8) is 0 Å². The second-order valence-corrected chi connectivity index (χ2v) is 11.7. The van der Waals surface area contributed by atoms with Crippen molar-refractivity contribution in [2.75, 3.05) is 13.1 Å². The fourth-order valence-corrected chi connectivity index (χ4v) is 5.42. The van der Waals surface area contributed by atoms with Crippen LogP contribution in [0.4, 0.5) is 8.78 Å². The standard InChI is InChI=1S/C31H36ClF2N7O/c1-18(37-11-4-12-38-19(2)35)23-7-6-22(16-26(23)33)41-17-21-15-27(39-29(21)40-30(41)42)24-13-20(14-25(32)28(24)34)5-3-8-31(36)9-10-31/h6-7,13-18,37H,3-5,8-12,36H2,1-2H3,(H2,35,38)(H,39,40,42)/t18-/m0/s1. The van der Waals surface area contributed by atoms with Crippen molar-refractivity contribution in [1.29, 1.82) is 5.41 Å². The summed E-state index contributed by atoms with van der Waals surface area (Å²) in [4.78, 5) is 20.1. The van der Waals surface area contributed by atoms with E-state index in [0.29, 0.717) is 52.5 Å². The molecule has 0 aliphatic heterocycles. The largest absolute Gasteiger partial charge is 0.374 e. The van der Waals surface area contributed by atoms with Crippen molar-refractivity contribution in [1.82, 2.24) is 25.2 Å². The molecule has 11 heteroatoms. The lowest BCUT2D eigenvalue weighted by molar-refractivity contribution is 0.519. The van der Waals surface area contributed by atoms with Gasteiger partial charge in [0.15, 0.2) is 5.82 Å². The molecule has 1 fully saturated rings. The van der Waals surface area contributed by atoms with Gasteiger partial charge in [-0.05, 0) is 94.8 Å². The highest BCUT2D eigenvalue weighted by molar-refractivity contribution is 6.31. The van der Waals surface area contributed by atoms with E-state index in [1.165, 1.54) is 10.6 Å². The molecule has 1 aliphatic rings. The lowest BCUT2D eigenvalue weighted by Gasteiger charge is -2.16. The van der Waals surface area contributed by atoms with Gasteiger partial charge in [-0.1, -0.05) is 17.7 Å². The third-order valence-corrected chi connectivity index (χ3v) is 8.12. The zero-order chi connectivity index (χ0) is 30.0. The maximum absolute atomic E-state index is 15.1. The van der Waals surface area contributed by atoms with Crippen molar-refractivity contribution in [3.05, 3.63) is 80.9 Å². The molecule has 2 heterocycles. The van der Waals surface area contributed by atoms with Gasteiger partial charge in [0.25, 0.3) is 0 Å². The molecule has 0 bridgehead atoms. The number of nitrogens with zero attached hydrogens (tertiary/aromatic N) is 2. The second kappa shape index (κ2) is 12.3. The van der Waals surface area contributed by atoms with E-state index in [2.05, 4.69) is 20.6 Å². The molecule has 4 aromatic rings. The number of H-pyrrole nitrogens is 1. The molecule has 222 valence electrons. The number of benzene rings is 2. The number of halogens is 3. The van der Waals surface area contributed by atoms with Crippen LogP contribution in [-0.4, -0.2) is 39.0 Å². The van der Waals surface area contributed by atoms with Gasteiger partial charge in [-0.3, -0.25) is 9.98 Å². The van der Waals surface area contributed by atoms with Crippen LogP contribution in [-0.2, 0) is 6.42 Å². The number of nitrogens with one attached hydrogen (secondary N) is 4. The van der Waals surface area contributed by atoms with E-state index < -0.39 is 17.3 Å². The summed E-state index contributed by atoms with van der Waals surface area (Å²) in [6.07, 6.45) is 6.98. The monoisotopic (exact) mass is 595 g/mol. The minimum absolute atomic E-state index is 0.0278. The fourth-order valence-electron chi connectivity index (χ4n) is 5.17. The molecule has 2 aromatic heterocycles. The molecule has 1 aliphatic carbocycles. The average molecular weight is 596 g/mol. The van der Waals surface area contributed by atoms with E-state index in [9.17, 15) is 4.79 Å². The molecular formula is C31H36ClF2N7O. The van der Waals surface area contributed by atoms with Gasteiger partial charge in [-0.2, -0.15) is 4.98 Å². The Morgan fingerprint density at radius 2 is 2.00 bits per heavy atom. The smallest absolute Gasteiger partial charge is 0.354 e. The summed E-state index contributed by atoms with van der Waals surface area (Å²) in [5, 5.41) is 14.2. The highest BCUT2D eigenvalue weighted by atomic mass is 35.5. The summed E-state index contributed by atoms with van der Waals surface area (Å²) in [6.45, 7) is 4.87. The van der Waals surface area contributed by atoms with Gasteiger partial charge in [0.2, 0.25) is 0 Å². The van der Waals surface area contributed by atoms with Gasteiger partial charge in [-0.25, -0.2) is 13.6 Å². The SMILES string of the molecule is CC(=N)NCCCN[C@@H](C)c1ccc(-n2cc3cc(-c4cc(CCCC5(N)CC5)cc(Cl)c4F)[nH]c3nc2=O)cc1F. The summed E-state index contributed by atoms with van der Waals surface area (Å²) in [7, 11) is 0. The van der Waals surface area contributed by atoms with Crippen molar-refractivity contribution >= 4 is 28.5 Å². The first-order valence-corrected chi connectivity index (χ1v) is 14.6. The predicted octanol–water partition coefficient (Wildman–Crippen LogP) is 5.75. The molecule has 1 saturated carbocycles. The number of aromatic nitrogens is 3. The highest BCUT2D eigenvalue weighted by Gasteiger charge is 2.37. The molecule has 5 rings (SSSR count). The van der Waals surface area contributed by atoms with Crippen LogP contribution in [0.2, 0.25) is 5.02 Å². The van der Waals surface area contributed by atoms with Crippen molar-refractivity contribution in [3.8, 4) is 16.9 Å². The topological polar surface area (TPSA) is 125 Å². The van der Waals surface area contributed by atoms with E-state index in [0.717, 1.165) is 44.1 Å². The van der Waals surface area contributed by atoms with E-state index >= 15 is 8.78 Å². The minimum Gasteiger partial charge on any atom is -0.374 e. The third kappa shape index (κ3) is 6.88. The average Bonchev–Trinajstić information content (AvgIpc) is 3.53. The zero-order valence-electron chi connectivity index (χ0n) is 23.8. The van der Waals surface area contributed by atoms with Gasteiger partial charge < -0.3 is 21.4 Å². The lowest BCUT2D eigenvalue weighted by Crippen LogP contribution is -2.26. The maximum atomic E-state index is 15.1. The third-order valence-electron chi connectivity index (χ3n) is 7.84. The first-order chi connectivity index (χ1) is 20.0. The summed E-state index contributed by atoms with van der Waals surface area (Å²) >= 11 is 6.25. The molecule has 0 spiro atoms. The summed E-state index contributed by atoms with van der Waals surface area (Å²) < 4.78 is 31.5. The van der Waals surface area contributed by atoms with E-state index in [-0.39, 0.29) is 16.6 Å². The van der Waals surface area contributed by atoms with Gasteiger partial charge in [-0.15, -0.1) is 0 Å². The van der Waals surface area contributed by atoms with E-state index in [4.69, 9.17) is 22.7 Å². The van der Waals surface area contributed by atoms with E-state index in [1.54, 1.807) is 43.5 Å². The summed E-state index contributed by atoms with van der Waals surface area (Å²) in [5.74, 6) is -0.589. The number of rotatable bonds is 12. The molecule has 8 nitrogen and oxygen atoms in total. The number of amidine groups is 1. The van der Waals surface area contributed by atoms with Crippen LogP contribution < -0.4 is 22.1 Å². The Bertz CT molecular complexity index is 1680. The Labute approximate surface area is 248 Å². The molecule has 0 amide bonds. The van der Waals surface area contributed by atoms with Crippen LogP contribution >= 0.6 is 11.6 Å². The van der Waals surface area contributed by atoms with Gasteiger partial charge in [0.05, 0.1) is 22.2 Å². The molecule has 0 radical (unpaired) electrons. The normalized spacial score (nSPS) is 14.7. The molecule has 2 aromatic carbocycles. The van der Waals surface area contributed by atoms with Gasteiger partial charge >= 0.3 is 5.69 Å². The Hall–Kier alpha value is -3.60. The van der Waals surface area contributed by atoms with Gasteiger partial charge in [0, 0.05) is 40.8 Å². The molecule has 0 unspecified atom stereocenters. The molecular weight excluding hydrogens is 560 g/mol. The van der Waals surface area contributed by atoms with Crippen LogP contribution in [0.1, 0.15) is 63.1 Å². The minimum atomic E-state index is -0.591. The molecule has 1 atom stereocenters. The van der Waals surface area contributed by atoms with Gasteiger partial charge in [0.1, 0.15) is 11.5 Å². The number of hydrogen-bond acceptors (Lipinski definition) is 5. The quantitative estimate of drug-likeness (QED) is 0.0810.